The van der Waals surface area contributed by atoms with Crippen LogP contribution in [0.1, 0.15) is 339 Å². The molecular weight excluding hydrogens is 1230 g/mol. The van der Waals surface area contributed by atoms with Crippen LogP contribution in [0.5, 0.6) is 0 Å². The van der Waals surface area contributed by atoms with Gasteiger partial charge in [-0.25, -0.2) is 19.0 Å². The molecule has 1 aliphatic heterocycles. The van der Waals surface area contributed by atoms with Gasteiger partial charge in [0.15, 0.2) is 25.6 Å². The number of fused-ring (bicyclic) bond motifs is 2. The van der Waals surface area contributed by atoms with Gasteiger partial charge in [-0.15, -0.1) is 0 Å². The number of ether oxygens (including phenoxy) is 3. The minimum atomic E-state index is -1.03. The van der Waals surface area contributed by atoms with E-state index in [-0.39, 0.29) is 18.8 Å². The largest absolute Gasteiger partial charge is 0.478 e. The van der Waals surface area contributed by atoms with Crippen LogP contribution < -0.4 is 30.8 Å². The van der Waals surface area contributed by atoms with Crippen LogP contribution in [0.2, 0.25) is 0 Å². The number of carboxylic acids is 1. The summed E-state index contributed by atoms with van der Waals surface area (Å²) in [6, 6.07) is 18.8. The molecule has 0 radical (unpaired) electrons. The Balaban J connectivity index is 1.35. The molecule has 0 atom stereocenters. The average Bonchev–Trinajstić information content (AvgIpc) is 0.750. The van der Waals surface area contributed by atoms with E-state index in [0.29, 0.717) is 62.1 Å². The van der Waals surface area contributed by atoms with E-state index in [4.69, 9.17) is 18.6 Å². The second-order valence-corrected chi connectivity index (χ2v) is 28.3. The lowest BCUT2D eigenvalue weighted by atomic mass is 9.90. The molecule has 558 valence electrons. The fourth-order valence-corrected chi connectivity index (χ4v) is 13.7. The molecule has 0 saturated carbocycles. The van der Waals surface area contributed by atoms with Crippen molar-refractivity contribution < 1.29 is 38.1 Å². The zero-order chi connectivity index (χ0) is 70.7. The summed E-state index contributed by atoms with van der Waals surface area (Å²) >= 11 is 0. The summed E-state index contributed by atoms with van der Waals surface area (Å²) in [5, 5.41) is 21.4. The maximum absolute atomic E-state index is 13.1. The number of amides is 2. The van der Waals surface area contributed by atoms with Crippen molar-refractivity contribution in [1.29, 1.82) is 0 Å². The van der Waals surface area contributed by atoms with Crippen molar-refractivity contribution in [2.75, 3.05) is 64.0 Å². The van der Waals surface area contributed by atoms with E-state index in [1.165, 1.54) is 276 Å². The number of anilines is 1. The third-order valence-electron chi connectivity index (χ3n) is 19.8. The Labute approximate surface area is 602 Å². The first-order valence-corrected chi connectivity index (χ1v) is 40.9. The van der Waals surface area contributed by atoms with E-state index >= 15 is 0 Å². The Hall–Kier alpha value is -5.98. The molecule has 0 bridgehead atoms. The van der Waals surface area contributed by atoms with Crippen molar-refractivity contribution in [3.8, 4) is 22.5 Å². The molecule has 0 fully saturated rings. The fourth-order valence-electron chi connectivity index (χ4n) is 13.7. The highest BCUT2D eigenvalue weighted by Crippen LogP contribution is 2.42. The van der Waals surface area contributed by atoms with Gasteiger partial charge in [-0.1, -0.05) is 334 Å². The number of carbonyl (C=O) groups is 3. The average molecular weight is 1370 g/mol. The van der Waals surface area contributed by atoms with E-state index in [1.54, 1.807) is 18.3 Å². The van der Waals surface area contributed by atoms with E-state index in [1.807, 2.05) is 53.4 Å². The molecule has 13 nitrogen and oxygen atoms in total. The van der Waals surface area contributed by atoms with E-state index in [2.05, 4.69) is 54.5 Å². The van der Waals surface area contributed by atoms with Gasteiger partial charge in [-0.2, -0.15) is 0 Å². The third kappa shape index (κ3) is 40.3. The first-order chi connectivity index (χ1) is 48.7. The number of alkyl carbamates (subject to hydrolysis) is 2. The van der Waals surface area contributed by atoms with Gasteiger partial charge >= 0.3 is 18.2 Å². The van der Waals surface area contributed by atoms with Crippen LogP contribution in [0, 0.1) is 0 Å². The topological polar surface area (TPSA) is 155 Å². The quantitative estimate of drug-likeness (QED) is 0.0145. The van der Waals surface area contributed by atoms with Crippen molar-refractivity contribution >= 4 is 34.8 Å². The van der Waals surface area contributed by atoms with Gasteiger partial charge in [0.1, 0.15) is 24.6 Å². The molecule has 2 aliphatic rings. The summed E-state index contributed by atoms with van der Waals surface area (Å²) < 4.78 is 26.6. The summed E-state index contributed by atoms with van der Waals surface area (Å²) in [5.41, 5.74) is 3.49. The van der Waals surface area contributed by atoms with E-state index in [0.717, 1.165) is 66.2 Å². The number of nitrogens with zero attached hydrogens (tertiary/aromatic N) is 2. The smallest absolute Gasteiger partial charge is 0.407 e. The number of benzene rings is 3. The predicted octanol–water partition coefficient (Wildman–Crippen LogP) is 23.9. The fraction of sp³-hybridized carbons (Fsp3) is 0.698. The second-order valence-electron chi connectivity index (χ2n) is 28.3. The van der Waals surface area contributed by atoms with Crippen molar-refractivity contribution in [1.82, 2.24) is 20.5 Å². The predicted molar refractivity (Wildman–Crippen MR) is 418 cm³/mol. The van der Waals surface area contributed by atoms with E-state index < -0.39 is 18.2 Å². The van der Waals surface area contributed by atoms with Gasteiger partial charge in [-0.05, 0) is 61.9 Å². The molecule has 1 aliphatic carbocycles. The number of carboxylic acid groups (broad SMARTS) is 1. The number of unbranched alkanes of at least 4 members (excludes halogenated alkanes) is 45. The van der Waals surface area contributed by atoms with Crippen LogP contribution in [0.4, 0.5) is 15.3 Å². The molecule has 4 rings (SSSR count). The lowest BCUT2D eigenvalue weighted by molar-refractivity contribution is 0.0697. The van der Waals surface area contributed by atoms with Gasteiger partial charge in [-0.3, -0.25) is 0 Å². The second kappa shape index (κ2) is 58.6. The third-order valence-corrected chi connectivity index (χ3v) is 19.8. The summed E-state index contributed by atoms with van der Waals surface area (Å²) in [7, 11) is 0. The molecule has 0 aromatic heterocycles. The highest BCUT2D eigenvalue weighted by Gasteiger charge is 2.24. The molecule has 0 saturated heterocycles. The van der Waals surface area contributed by atoms with Crippen LogP contribution in [0.25, 0.3) is 33.4 Å². The van der Waals surface area contributed by atoms with Gasteiger partial charge in [0, 0.05) is 54.0 Å². The maximum atomic E-state index is 13.1. The zero-order valence-corrected chi connectivity index (χ0v) is 63.3. The summed E-state index contributed by atoms with van der Waals surface area (Å²) in [4.78, 5) is 40.7. The Morgan fingerprint density at radius 2 is 0.838 bits per heavy atom. The van der Waals surface area contributed by atoms with Crippen LogP contribution in [0.15, 0.2) is 90.3 Å². The lowest BCUT2D eigenvalue weighted by Crippen LogP contribution is -2.37. The van der Waals surface area contributed by atoms with Crippen LogP contribution >= 0.6 is 0 Å². The molecule has 2 amide bonds. The molecular formula is C86H142N5O8+. The Morgan fingerprint density at radius 1 is 0.455 bits per heavy atom. The van der Waals surface area contributed by atoms with Crippen LogP contribution in [-0.2, 0) is 14.2 Å². The number of aromatic carboxylic acids is 1. The minimum Gasteiger partial charge on any atom is -0.478 e. The van der Waals surface area contributed by atoms with Crippen LogP contribution in [0.3, 0.4) is 0 Å². The van der Waals surface area contributed by atoms with Gasteiger partial charge < -0.3 is 44.6 Å². The zero-order valence-electron chi connectivity index (χ0n) is 63.3. The van der Waals surface area contributed by atoms with Gasteiger partial charge in [0.2, 0.25) is 5.36 Å². The SMILES string of the molecule is C=CN(CCOC(=O)NCCCCCCCCCCCCCCCCCC)c1ccc2c(-c3ccccc3C(=O)O)c3cc/c(=[N+](\CCOC(=C)NCCCCCCCCCCCCCCCCCC)CCOC(=O)NCCCCCCCCCCCCCCCCCC)cc-3oc2c1. The van der Waals surface area contributed by atoms with Crippen molar-refractivity contribution in [3.05, 3.63) is 96.8 Å². The molecule has 13 heteroatoms. The minimum absolute atomic E-state index is 0.137. The molecule has 1 heterocycles. The summed E-state index contributed by atoms with van der Waals surface area (Å²) in [6.45, 7) is 18.9. The summed E-state index contributed by atoms with van der Waals surface area (Å²) in [5.74, 6) is 0.0338. The number of rotatable bonds is 66. The molecule has 99 heavy (non-hydrogen) atoms. The standard InChI is InChI=1S/C86H141N5O8/c1-6-10-13-16-19-22-25-28-31-34-37-40-43-46-49-54-63-87-74(5)96-69-67-91(68-71-98-86(95)89-65-56-51-48-45-42-39-36-33-30-27-24-21-18-15-12-8-3)76-60-62-80-82(73-76)99-81-72-75(59-61-79(81)83(80)77-57-52-53-58-78(77)84(92)93)90(9-4)66-70-97-85(94)88-64-55-50-47-44-41-38-35-32-29-26-23-20-17-14-11-7-2/h9,52-53,57-62,72-73,87H,4-8,10-51,54-56,63-71H2,1-3H3,(H2-,88,89,92,93,94,95)/p+1. The monoisotopic (exact) mass is 1370 g/mol. The normalized spacial score (nSPS) is 11.7. The Bertz CT molecular complexity index is 2700. The van der Waals surface area contributed by atoms with Gasteiger partial charge in [0.05, 0.1) is 18.2 Å². The molecule has 0 unspecified atom stereocenters. The van der Waals surface area contributed by atoms with Crippen molar-refractivity contribution in [2.24, 2.45) is 0 Å². The molecule has 2 aromatic rings. The van der Waals surface area contributed by atoms with Crippen molar-refractivity contribution in [3.63, 3.8) is 0 Å². The number of nitrogens with one attached hydrogen (secondary N) is 3. The van der Waals surface area contributed by atoms with Gasteiger partial charge in [0.25, 0.3) is 0 Å². The molecule has 0 spiro atoms. The Morgan fingerprint density at radius 3 is 1.25 bits per heavy atom. The number of hydrogen-bond donors (Lipinski definition) is 4. The maximum Gasteiger partial charge on any atom is 0.407 e. The number of carbonyl (C=O) groups excluding carboxylic acids is 2. The highest BCUT2D eigenvalue weighted by molar-refractivity contribution is 6.07. The first kappa shape index (κ1) is 85.4. The first-order valence-electron chi connectivity index (χ1n) is 40.9. The molecule has 4 N–H and O–H groups in total. The summed E-state index contributed by atoms with van der Waals surface area (Å²) in [6.07, 6.45) is 63.8. The van der Waals surface area contributed by atoms with Crippen molar-refractivity contribution in [2.45, 2.75) is 329 Å². The Kier molecular flexibility index (Phi) is 50.6. The molecule has 2 aromatic carbocycles. The van der Waals surface area contributed by atoms with E-state index in [9.17, 15) is 19.5 Å². The number of hydrogen-bond acceptors (Lipinski definition) is 9. The highest BCUT2D eigenvalue weighted by atomic mass is 16.6. The van der Waals surface area contributed by atoms with Crippen LogP contribution in [-0.4, -0.2) is 82.4 Å². The lowest BCUT2D eigenvalue weighted by Gasteiger charge is -2.22.